The summed E-state index contributed by atoms with van der Waals surface area (Å²) in [5, 5.41) is 8.87. The Bertz CT molecular complexity index is 495. The van der Waals surface area contributed by atoms with E-state index in [1.165, 1.54) is 6.20 Å². The fourth-order valence-corrected chi connectivity index (χ4v) is 2.51. The van der Waals surface area contributed by atoms with E-state index in [0.717, 1.165) is 6.42 Å². The van der Waals surface area contributed by atoms with E-state index < -0.39 is 10.0 Å². The van der Waals surface area contributed by atoms with Crippen LogP contribution in [0.1, 0.15) is 25.5 Å². The van der Waals surface area contributed by atoms with Gasteiger partial charge in [0.1, 0.15) is 4.90 Å². The van der Waals surface area contributed by atoms with Crippen molar-refractivity contribution in [3.63, 3.8) is 0 Å². The van der Waals surface area contributed by atoms with Gasteiger partial charge in [-0.3, -0.25) is 9.89 Å². The first-order chi connectivity index (χ1) is 8.47. The third-order valence-electron chi connectivity index (χ3n) is 2.29. The van der Waals surface area contributed by atoms with Crippen molar-refractivity contribution in [3.8, 4) is 0 Å². The molecule has 0 atom stereocenters. The Balaban J connectivity index is 2.44. The van der Waals surface area contributed by atoms with Crippen LogP contribution in [-0.4, -0.2) is 37.6 Å². The molecule has 0 spiro atoms. The number of aromatic amines is 1. The van der Waals surface area contributed by atoms with Gasteiger partial charge in [0.2, 0.25) is 15.9 Å². The summed E-state index contributed by atoms with van der Waals surface area (Å²) in [6.07, 6.45) is 2.22. The number of sulfonamides is 1. The van der Waals surface area contributed by atoms with Crippen LogP contribution >= 0.6 is 0 Å². The Morgan fingerprint density at radius 3 is 2.72 bits per heavy atom. The first-order valence-electron chi connectivity index (χ1n) is 5.73. The van der Waals surface area contributed by atoms with Gasteiger partial charge in [-0.1, -0.05) is 6.92 Å². The van der Waals surface area contributed by atoms with Gasteiger partial charge in [0.25, 0.3) is 0 Å². The number of hydrogen-bond acceptors (Lipinski definition) is 4. The molecule has 7 nitrogen and oxygen atoms in total. The van der Waals surface area contributed by atoms with Crippen LogP contribution in [0.3, 0.4) is 0 Å². The van der Waals surface area contributed by atoms with Gasteiger partial charge in [-0.05, 0) is 13.3 Å². The van der Waals surface area contributed by atoms with Gasteiger partial charge in [-0.2, -0.15) is 5.10 Å². The third-order valence-corrected chi connectivity index (χ3v) is 3.86. The molecule has 0 saturated heterocycles. The number of H-pyrrole nitrogens is 1. The Morgan fingerprint density at radius 1 is 1.44 bits per heavy atom. The molecule has 0 aliphatic carbocycles. The quantitative estimate of drug-likeness (QED) is 0.646. The largest absolute Gasteiger partial charge is 0.356 e. The van der Waals surface area contributed by atoms with E-state index in [0.29, 0.717) is 12.2 Å². The zero-order valence-electron chi connectivity index (χ0n) is 10.5. The number of amides is 1. The van der Waals surface area contributed by atoms with Crippen LogP contribution < -0.4 is 10.0 Å². The molecule has 3 N–H and O–H groups in total. The first kappa shape index (κ1) is 14.7. The van der Waals surface area contributed by atoms with Gasteiger partial charge in [-0.25, -0.2) is 13.1 Å². The molecular formula is C10H18N4O3S. The Labute approximate surface area is 106 Å². The van der Waals surface area contributed by atoms with Crippen molar-refractivity contribution in [2.45, 2.75) is 31.6 Å². The lowest BCUT2D eigenvalue weighted by Crippen LogP contribution is -2.31. The summed E-state index contributed by atoms with van der Waals surface area (Å²) in [6, 6.07) is 0. The summed E-state index contributed by atoms with van der Waals surface area (Å²) in [5.41, 5.74) is 0.470. The zero-order valence-corrected chi connectivity index (χ0v) is 11.3. The number of aromatic nitrogens is 2. The molecule has 0 aliphatic rings. The average Bonchev–Trinajstić information content (AvgIpc) is 2.73. The number of carbonyl (C=O) groups excluding carboxylic acids is 1. The molecule has 8 heteroatoms. The molecule has 0 fully saturated rings. The monoisotopic (exact) mass is 274 g/mol. The molecule has 0 bridgehead atoms. The summed E-state index contributed by atoms with van der Waals surface area (Å²) in [4.78, 5) is 11.4. The van der Waals surface area contributed by atoms with Gasteiger partial charge in [-0.15, -0.1) is 0 Å². The highest BCUT2D eigenvalue weighted by atomic mass is 32.2. The molecule has 1 amide bonds. The molecule has 0 saturated carbocycles. The minimum absolute atomic E-state index is 0.0719. The van der Waals surface area contributed by atoms with E-state index in [-0.39, 0.29) is 23.8 Å². The van der Waals surface area contributed by atoms with Crippen molar-refractivity contribution in [2.24, 2.45) is 0 Å². The van der Waals surface area contributed by atoms with Crippen LogP contribution in [0.25, 0.3) is 0 Å². The fraction of sp³-hybridized carbons (Fsp3) is 0.600. The molecule has 0 radical (unpaired) electrons. The summed E-state index contributed by atoms with van der Waals surface area (Å²) < 4.78 is 26.0. The molecule has 102 valence electrons. The smallest absolute Gasteiger partial charge is 0.243 e. The standard InChI is InChI=1S/C10H18N4O3S/c1-3-5-11-10(15)4-6-13-18(16,17)9-7-12-14-8(9)2/h7,13H,3-6H2,1-2H3,(H,11,15)(H,12,14). The van der Waals surface area contributed by atoms with E-state index in [1.54, 1.807) is 6.92 Å². The average molecular weight is 274 g/mol. The van der Waals surface area contributed by atoms with E-state index in [2.05, 4.69) is 20.2 Å². The van der Waals surface area contributed by atoms with E-state index in [1.807, 2.05) is 6.92 Å². The summed E-state index contributed by atoms with van der Waals surface area (Å²) in [6.45, 7) is 4.25. The second-order valence-electron chi connectivity index (χ2n) is 3.86. The Kier molecular flexibility index (Phi) is 5.29. The predicted octanol–water partition coefficient (Wildman–Crippen LogP) is -0.0873. The van der Waals surface area contributed by atoms with Crippen LogP contribution in [0.5, 0.6) is 0 Å². The van der Waals surface area contributed by atoms with Gasteiger partial charge < -0.3 is 5.32 Å². The highest BCUT2D eigenvalue weighted by Crippen LogP contribution is 2.10. The second-order valence-corrected chi connectivity index (χ2v) is 5.59. The van der Waals surface area contributed by atoms with Crippen molar-refractivity contribution in [3.05, 3.63) is 11.9 Å². The fourth-order valence-electron chi connectivity index (χ4n) is 1.34. The van der Waals surface area contributed by atoms with Crippen LogP contribution in [0.2, 0.25) is 0 Å². The molecular weight excluding hydrogens is 256 g/mol. The molecule has 0 aromatic carbocycles. The van der Waals surface area contributed by atoms with Crippen molar-refractivity contribution < 1.29 is 13.2 Å². The molecule has 0 aliphatic heterocycles. The number of hydrogen-bond donors (Lipinski definition) is 3. The summed E-state index contributed by atoms with van der Waals surface area (Å²) >= 11 is 0. The van der Waals surface area contributed by atoms with Crippen LogP contribution in [0.4, 0.5) is 0 Å². The van der Waals surface area contributed by atoms with Gasteiger partial charge in [0, 0.05) is 19.5 Å². The van der Waals surface area contributed by atoms with E-state index in [4.69, 9.17) is 0 Å². The molecule has 1 aromatic heterocycles. The first-order valence-corrected chi connectivity index (χ1v) is 7.22. The number of rotatable bonds is 7. The van der Waals surface area contributed by atoms with Crippen molar-refractivity contribution in [2.75, 3.05) is 13.1 Å². The lowest BCUT2D eigenvalue weighted by atomic mass is 10.4. The van der Waals surface area contributed by atoms with Gasteiger partial charge in [0.15, 0.2) is 0 Å². The normalized spacial score (nSPS) is 11.4. The zero-order chi connectivity index (χ0) is 13.6. The Morgan fingerprint density at radius 2 is 2.17 bits per heavy atom. The summed E-state index contributed by atoms with van der Waals surface area (Å²) in [5.74, 6) is -0.163. The minimum Gasteiger partial charge on any atom is -0.356 e. The van der Waals surface area contributed by atoms with E-state index in [9.17, 15) is 13.2 Å². The maximum Gasteiger partial charge on any atom is 0.243 e. The third kappa shape index (κ3) is 4.11. The SMILES string of the molecule is CCCNC(=O)CCNS(=O)(=O)c1cn[nH]c1C. The highest BCUT2D eigenvalue weighted by molar-refractivity contribution is 7.89. The van der Waals surface area contributed by atoms with Crippen LogP contribution in [0, 0.1) is 6.92 Å². The number of nitrogens with zero attached hydrogens (tertiary/aromatic N) is 1. The lowest BCUT2D eigenvalue weighted by Gasteiger charge is -2.06. The van der Waals surface area contributed by atoms with Crippen LogP contribution in [-0.2, 0) is 14.8 Å². The van der Waals surface area contributed by atoms with Crippen molar-refractivity contribution in [1.82, 2.24) is 20.2 Å². The molecule has 0 unspecified atom stereocenters. The number of carbonyl (C=O) groups is 1. The molecule has 18 heavy (non-hydrogen) atoms. The van der Waals surface area contributed by atoms with Gasteiger partial charge >= 0.3 is 0 Å². The molecule has 1 rings (SSSR count). The second kappa shape index (κ2) is 6.50. The topological polar surface area (TPSA) is 104 Å². The summed E-state index contributed by atoms with van der Waals surface area (Å²) in [7, 11) is -3.59. The number of nitrogens with one attached hydrogen (secondary N) is 3. The van der Waals surface area contributed by atoms with E-state index >= 15 is 0 Å². The molecule has 1 heterocycles. The highest BCUT2D eigenvalue weighted by Gasteiger charge is 2.18. The van der Waals surface area contributed by atoms with Gasteiger partial charge in [0.05, 0.1) is 11.9 Å². The number of aryl methyl sites for hydroxylation is 1. The lowest BCUT2D eigenvalue weighted by molar-refractivity contribution is -0.120. The molecule has 1 aromatic rings. The predicted molar refractivity (Wildman–Crippen MR) is 66.4 cm³/mol. The Hall–Kier alpha value is -1.41. The minimum atomic E-state index is -3.59. The maximum absolute atomic E-state index is 11.8. The van der Waals surface area contributed by atoms with Crippen molar-refractivity contribution >= 4 is 15.9 Å². The maximum atomic E-state index is 11.8. The van der Waals surface area contributed by atoms with Crippen molar-refractivity contribution in [1.29, 1.82) is 0 Å². The van der Waals surface area contributed by atoms with Crippen LogP contribution in [0.15, 0.2) is 11.1 Å².